The molecule has 1 aromatic heterocycles. The number of nitrogens with one attached hydrogen (secondary N) is 3. The van der Waals surface area contributed by atoms with Gasteiger partial charge in [-0.2, -0.15) is 9.97 Å². The van der Waals surface area contributed by atoms with Crippen molar-refractivity contribution in [1.29, 1.82) is 0 Å². The average molecular weight is 1260 g/mol. The number of unbranched alkanes of at least 4 members (excludes halogenated alkanes) is 6. The second kappa shape index (κ2) is 37.1. The number of aromatic nitrogens is 3. The number of aliphatic carboxylic acids is 7. The fraction of sp³-hybridized carbons (Fsp3) is 0.640. The van der Waals surface area contributed by atoms with Gasteiger partial charge in [0.1, 0.15) is 23.7 Å². The van der Waals surface area contributed by atoms with Crippen LogP contribution < -0.4 is 20.9 Å². The molecule has 10 N–H and O–H groups in total. The van der Waals surface area contributed by atoms with E-state index in [1.165, 1.54) is 0 Å². The maximum Gasteiger partial charge on any atom is 0.326 e. The minimum atomic E-state index is -1.50. The quantitative estimate of drug-likeness (QED) is 0.0430. The second-order valence-corrected chi connectivity index (χ2v) is 19.3. The Morgan fingerprint density at radius 2 is 1.06 bits per heavy atom. The summed E-state index contributed by atoms with van der Waals surface area (Å²) in [6, 6.07) is 3.35. The first kappa shape index (κ1) is 68.2. The number of carbonyl (C=O) groups is 9. The van der Waals surface area contributed by atoms with E-state index in [2.05, 4.69) is 25.9 Å². The van der Waals surface area contributed by atoms with Crippen LogP contribution in [0.15, 0.2) is 24.3 Å². The molecule has 1 aliphatic rings. The maximum atomic E-state index is 12.4. The molecular formula is C50H77LuN11O16. The van der Waals surface area contributed by atoms with Crippen LogP contribution in [-0.4, -0.2) is 235 Å². The molecule has 78 heavy (non-hydrogen) atoms. The van der Waals surface area contributed by atoms with Crippen LogP contribution in [0.2, 0.25) is 0 Å². The van der Waals surface area contributed by atoms with Gasteiger partial charge in [-0.1, -0.05) is 49.9 Å². The number of hydrogen-bond acceptors (Lipinski definition) is 17. The van der Waals surface area contributed by atoms with E-state index >= 15 is 0 Å². The van der Waals surface area contributed by atoms with Crippen molar-refractivity contribution in [3.8, 4) is 0 Å². The molecule has 1 saturated heterocycles. The minimum absolute atomic E-state index is 0. The van der Waals surface area contributed by atoms with E-state index in [9.17, 15) is 73.8 Å². The predicted molar refractivity (Wildman–Crippen MR) is 277 cm³/mol. The molecule has 2 heterocycles. The third kappa shape index (κ3) is 29.2. The van der Waals surface area contributed by atoms with Gasteiger partial charge >= 0.3 is 47.8 Å². The van der Waals surface area contributed by atoms with Gasteiger partial charge in [-0.15, -0.1) is 0 Å². The molecule has 3 atom stereocenters. The number of hydrogen-bond donors (Lipinski definition) is 10. The van der Waals surface area contributed by atoms with Crippen LogP contribution in [0.25, 0.3) is 0 Å². The van der Waals surface area contributed by atoms with Crippen LogP contribution in [0, 0.1) is 36.9 Å². The summed E-state index contributed by atoms with van der Waals surface area (Å²) in [5, 5.41) is 73.5. The third-order valence-corrected chi connectivity index (χ3v) is 12.7. The number of urea groups is 1. The van der Waals surface area contributed by atoms with Crippen LogP contribution in [-0.2, 0) is 57.6 Å². The van der Waals surface area contributed by atoms with E-state index in [1.807, 2.05) is 43.3 Å². The molecule has 2 aromatic rings. The summed E-state index contributed by atoms with van der Waals surface area (Å²) < 4.78 is 0. The molecule has 1 aromatic carbocycles. The molecule has 443 valence electrons. The van der Waals surface area contributed by atoms with Gasteiger partial charge in [0.25, 0.3) is 0 Å². The minimum Gasteiger partial charge on any atom is -0.481 e. The monoisotopic (exact) mass is 1260 g/mol. The van der Waals surface area contributed by atoms with Gasteiger partial charge < -0.3 is 56.6 Å². The number of benzene rings is 1. The zero-order valence-electron chi connectivity index (χ0n) is 44.3. The van der Waals surface area contributed by atoms with E-state index in [-0.39, 0.29) is 128 Å². The van der Waals surface area contributed by atoms with Crippen molar-refractivity contribution in [3.63, 3.8) is 0 Å². The molecule has 1 aliphatic heterocycles. The molecule has 27 nitrogen and oxygen atoms in total. The van der Waals surface area contributed by atoms with Crippen LogP contribution in [0.5, 0.6) is 0 Å². The summed E-state index contributed by atoms with van der Waals surface area (Å²) in [5.41, 5.74) is 1.77. The molecular weight excluding hydrogens is 1190 g/mol. The molecule has 1 fully saturated rings. The standard InChI is InChI=1S/C50H77N11O16.Lu/c1-57(2)49-55-39(12-7-5-3-4-6-8-13-41(62)51-20-10-9-11-37(47(73)74)52-50(77)53-38(48(75)76)18-19-42(63)64)54-40(56-49)28-35-16-14-34(15-17-35)27-36-29-60(32-45(69)70)24-23-58(30-43(65)66)21-22-59(31-44(67)68)25-26-61(36)33-46(71)72;/h14-17,36-38H,3-13,18-33H2,1-2H3,(H,51,62)(H,63,64)(H,65,66)(H,67,68)(H,69,70)(H,71,72)(H,73,74)(H,75,76)(H2,52,53,77);/t36?,37-,38-;/m0./s1. The van der Waals surface area contributed by atoms with E-state index in [0.29, 0.717) is 69.1 Å². The normalized spacial score (nSPS) is 15.7. The van der Waals surface area contributed by atoms with Crippen molar-refractivity contribution < 1.29 is 116 Å². The topological polar surface area (TPSA) is 386 Å². The van der Waals surface area contributed by atoms with Gasteiger partial charge in [0, 0.05) is 135 Å². The summed E-state index contributed by atoms with van der Waals surface area (Å²) in [4.78, 5) is 129. The zero-order valence-corrected chi connectivity index (χ0v) is 45.9. The summed E-state index contributed by atoms with van der Waals surface area (Å²) in [6.07, 6.45) is 6.84. The predicted octanol–water partition coefficient (Wildman–Crippen LogP) is 0.630. The Morgan fingerprint density at radius 1 is 0.564 bits per heavy atom. The van der Waals surface area contributed by atoms with Gasteiger partial charge in [-0.25, -0.2) is 19.4 Å². The first-order valence-corrected chi connectivity index (χ1v) is 25.8. The number of carboxylic acids is 7. The van der Waals surface area contributed by atoms with Gasteiger partial charge in [0.05, 0.1) is 26.2 Å². The summed E-state index contributed by atoms with van der Waals surface area (Å²) in [7, 11) is 3.69. The van der Waals surface area contributed by atoms with Crippen molar-refractivity contribution in [2.45, 2.75) is 114 Å². The Bertz CT molecular complexity index is 2260. The first-order chi connectivity index (χ1) is 36.6. The number of nitrogens with zero attached hydrogens (tertiary/aromatic N) is 8. The van der Waals surface area contributed by atoms with E-state index in [0.717, 1.165) is 43.2 Å². The number of rotatable bonds is 34. The number of anilines is 1. The van der Waals surface area contributed by atoms with Crippen LogP contribution in [0.1, 0.15) is 99.8 Å². The van der Waals surface area contributed by atoms with E-state index in [1.54, 1.807) is 19.6 Å². The molecule has 0 spiro atoms. The summed E-state index contributed by atoms with van der Waals surface area (Å²) in [6.45, 7) is 0.288. The molecule has 0 aliphatic carbocycles. The van der Waals surface area contributed by atoms with Crippen LogP contribution in [0.3, 0.4) is 0 Å². The zero-order chi connectivity index (χ0) is 56.9. The fourth-order valence-electron chi connectivity index (χ4n) is 8.66. The van der Waals surface area contributed by atoms with Gasteiger partial charge in [0.2, 0.25) is 11.9 Å². The van der Waals surface area contributed by atoms with Crippen molar-refractivity contribution in [2.24, 2.45) is 0 Å². The average Bonchev–Trinajstić information content (AvgIpc) is 3.34. The largest absolute Gasteiger partial charge is 0.481 e. The molecule has 1 unspecified atom stereocenters. The number of aryl methyl sites for hydroxylation is 1. The molecule has 3 rings (SSSR count). The SMILES string of the molecule is CN(C)c1nc(CCCCCCCCC(=O)NCCCC[C@H](NC(=O)N[C@@H](CCC(=O)O)C(=O)O)C(=O)O)nc(Cc2ccc(CC3CN(CC(=O)O)CCN(CC(=O)O)CCN(CC(=O)O)CCN3CC(=O)O)cc2)n1.[Lu]. The van der Waals surface area contributed by atoms with Crippen molar-refractivity contribution in [1.82, 2.24) is 50.5 Å². The van der Waals surface area contributed by atoms with Crippen molar-refractivity contribution >= 4 is 59.7 Å². The third-order valence-electron chi connectivity index (χ3n) is 12.7. The van der Waals surface area contributed by atoms with E-state index in [4.69, 9.17) is 10.1 Å². The number of amides is 3. The smallest absolute Gasteiger partial charge is 0.326 e. The van der Waals surface area contributed by atoms with Gasteiger partial charge in [-0.05, 0) is 56.1 Å². The molecule has 3 amide bonds. The van der Waals surface area contributed by atoms with Crippen molar-refractivity contribution in [2.75, 3.05) is 97.5 Å². The summed E-state index contributed by atoms with van der Waals surface area (Å²) >= 11 is 0. The Hall–Kier alpha value is -5.87. The van der Waals surface area contributed by atoms with Gasteiger partial charge in [0.15, 0.2) is 0 Å². The number of carboxylic acid groups (broad SMARTS) is 7. The Labute approximate surface area is 482 Å². The molecule has 0 bridgehead atoms. The Balaban J connectivity index is 0.0000208. The Morgan fingerprint density at radius 3 is 1.62 bits per heavy atom. The fourth-order valence-corrected chi connectivity index (χ4v) is 8.66. The van der Waals surface area contributed by atoms with Crippen LogP contribution >= 0.6 is 0 Å². The van der Waals surface area contributed by atoms with Gasteiger partial charge in [-0.3, -0.25) is 48.4 Å². The molecule has 0 saturated carbocycles. The maximum absolute atomic E-state index is 12.4. The van der Waals surface area contributed by atoms with Crippen LogP contribution in [0.4, 0.5) is 10.7 Å². The van der Waals surface area contributed by atoms with E-state index < -0.39 is 72.4 Å². The molecule has 1 radical (unpaired) electrons. The summed E-state index contributed by atoms with van der Waals surface area (Å²) in [5.74, 6) is -6.72. The first-order valence-electron chi connectivity index (χ1n) is 25.8. The Kier molecular flexibility index (Phi) is 32.4. The molecule has 28 heteroatoms. The number of carbonyl (C=O) groups excluding carboxylic acids is 2. The second-order valence-electron chi connectivity index (χ2n) is 19.3. The van der Waals surface area contributed by atoms with Crippen molar-refractivity contribution in [3.05, 3.63) is 47.0 Å².